The van der Waals surface area contributed by atoms with E-state index in [2.05, 4.69) is 23.3 Å². The first-order valence-electron chi connectivity index (χ1n) is 7.56. The molecule has 1 aromatic heterocycles. The lowest BCUT2D eigenvalue weighted by Gasteiger charge is -2.35. The Hall–Kier alpha value is -0.930. The summed E-state index contributed by atoms with van der Waals surface area (Å²) in [6.45, 7) is 2.99. The van der Waals surface area contributed by atoms with Crippen LogP contribution in [0.3, 0.4) is 0 Å². The van der Waals surface area contributed by atoms with Gasteiger partial charge < -0.3 is 10.4 Å². The molecule has 19 heavy (non-hydrogen) atoms. The first-order valence-corrected chi connectivity index (χ1v) is 7.56. The first-order chi connectivity index (χ1) is 9.16. The summed E-state index contributed by atoms with van der Waals surface area (Å²) in [6, 6.07) is 4.51. The molecule has 1 aromatic rings. The van der Waals surface area contributed by atoms with Crippen molar-refractivity contribution in [2.24, 2.45) is 5.92 Å². The van der Waals surface area contributed by atoms with Crippen LogP contribution in [-0.2, 0) is 6.42 Å². The summed E-state index contributed by atoms with van der Waals surface area (Å²) in [4.78, 5) is 4.50. The van der Waals surface area contributed by atoms with E-state index in [-0.39, 0.29) is 0 Å². The van der Waals surface area contributed by atoms with Crippen molar-refractivity contribution >= 4 is 0 Å². The Morgan fingerprint density at radius 1 is 1.37 bits per heavy atom. The SMILES string of the molecule is CC1CCC(O)(CNC2CCc3cccnc32)CC1. The Labute approximate surface area is 115 Å². The zero-order valence-electron chi connectivity index (χ0n) is 11.7. The number of hydrogen-bond donors (Lipinski definition) is 2. The molecule has 0 bridgehead atoms. The highest BCUT2D eigenvalue weighted by atomic mass is 16.3. The normalized spacial score (nSPS) is 34.2. The Balaban J connectivity index is 1.59. The number of nitrogens with zero attached hydrogens (tertiary/aromatic N) is 1. The molecular weight excluding hydrogens is 236 g/mol. The molecule has 0 radical (unpaired) electrons. The lowest BCUT2D eigenvalue weighted by molar-refractivity contribution is -0.00826. The summed E-state index contributed by atoms with van der Waals surface area (Å²) in [6.07, 6.45) is 8.26. The Morgan fingerprint density at radius 3 is 2.95 bits per heavy atom. The van der Waals surface area contributed by atoms with Crippen LogP contribution in [0.1, 0.15) is 56.3 Å². The van der Waals surface area contributed by atoms with Crippen LogP contribution in [0.15, 0.2) is 18.3 Å². The molecule has 0 aromatic carbocycles. The molecule has 104 valence electrons. The molecule has 1 atom stereocenters. The van der Waals surface area contributed by atoms with Gasteiger partial charge in [-0.25, -0.2) is 0 Å². The third-order valence-electron chi connectivity index (χ3n) is 4.84. The second-order valence-corrected chi connectivity index (χ2v) is 6.43. The molecule has 2 aliphatic carbocycles. The summed E-state index contributed by atoms with van der Waals surface area (Å²) in [5.74, 6) is 0.772. The van der Waals surface area contributed by atoms with Gasteiger partial charge >= 0.3 is 0 Å². The number of aryl methyl sites for hydroxylation is 1. The molecular formula is C16H24N2O. The zero-order chi connectivity index (χ0) is 13.3. The van der Waals surface area contributed by atoms with Gasteiger partial charge in [-0.15, -0.1) is 0 Å². The molecule has 2 N–H and O–H groups in total. The maximum atomic E-state index is 10.6. The smallest absolute Gasteiger partial charge is 0.0772 e. The first kappa shape index (κ1) is 13.1. The molecule has 2 aliphatic rings. The Bertz CT molecular complexity index is 438. The van der Waals surface area contributed by atoms with Crippen LogP contribution in [0.5, 0.6) is 0 Å². The van der Waals surface area contributed by atoms with Gasteiger partial charge in [0.15, 0.2) is 0 Å². The predicted octanol–water partition coefficient (Wildman–Crippen LogP) is 2.60. The minimum absolute atomic E-state index is 0.333. The van der Waals surface area contributed by atoms with E-state index in [0.717, 1.165) is 44.4 Å². The van der Waals surface area contributed by atoms with Crippen molar-refractivity contribution in [2.75, 3.05) is 6.54 Å². The van der Waals surface area contributed by atoms with Gasteiger partial charge in [-0.1, -0.05) is 13.0 Å². The van der Waals surface area contributed by atoms with Crippen LogP contribution in [0.2, 0.25) is 0 Å². The quantitative estimate of drug-likeness (QED) is 0.878. The van der Waals surface area contributed by atoms with Crippen LogP contribution in [0, 0.1) is 5.92 Å². The van der Waals surface area contributed by atoms with E-state index in [1.165, 1.54) is 11.3 Å². The van der Waals surface area contributed by atoms with Gasteiger partial charge in [0.1, 0.15) is 0 Å². The number of aliphatic hydroxyl groups is 1. The van der Waals surface area contributed by atoms with Gasteiger partial charge in [0.2, 0.25) is 0 Å². The van der Waals surface area contributed by atoms with Gasteiger partial charge in [0.25, 0.3) is 0 Å². The van der Waals surface area contributed by atoms with Crippen LogP contribution in [-0.4, -0.2) is 22.2 Å². The van der Waals surface area contributed by atoms with E-state index in [9.17, 15) is 5.11 Å². The van der Waals surface area contributed by atoms with E-state index in [0.29, 0.717) is 12.6 Å². The Morgan fingerprint density at radius 2 is 2.16 bits per heavy atom. The van der Waals surface area contributed by atoms with Crippen LogP contribution in [0.4, 0.5) is 0 Å². The van der Waals surface area contributed by atoms with Gasteiger partial charge in [-0.05, 0) is 56.1 Å². The highest BCUT2D eigenvalue weighted by molar-refractivity contribution is 5.27. The lowest BCUT2D eigenvalue weighted by Crippen LogP contribution is -2.44. The average molecular weight is 260 g/mol. The molecule has 0 saturated heterocycles. The molecule has 1 saturated carbocycles. The molecule has 1 unspecified atom stereocenters. The number of fused-ring (bicyclic) bond motifs is 1. The van der Waals surface area contributed by atoms with E-state index in [4.69, 9.17) is 0 Å². The van der Waals surface area contributed by atoms with E-state index >= 15 is 0 Å². The number of rotatable bonds is 3. The van der Waals surface area contributed by atoms with Gasteiger partial charge in [-0.2, -0.15) is 0 Å². The van der Waals surface area contributed by atoms with Crippen LogP contribution >= 0.6 is 0 Å². The van der Waals surface area contributed by atoms with Crippen LogP contribution in [0.25, 0.3) is 0 Å². The molecule has 3 heteroatoms. The lowest BCUT2D eigenvalue weighted by atomic mass is 9.79. The van der Waals surface area contributed by atoms with Gasteiger partial charge in [-0.3, -0.25) is 4.98 Å². The predicted molar refractivity (Wildman–Crippen MR) is 75.9 cm³/mol. The largest absolute Gasteiger partial charge is 0.389 e. The zero-order valence-corrected chi connectivity index (χ0v) is 11.7. The average Bonchev–Trinajstić information content (AvgIpc) is 2.84. The minimum atomic E-state index is -0.496. The second-order valence-electron chi connectivity index (χ2n) is 6.43. The topological polar surface area (TPSA) is 45.1 Å². The van der Waals surface area contributed by atoms with E-state index in [1.54, 1.807) is 0 Å². The summed E-state index contributed by atoms with van der Waals surface area (Å²) in [5, 5.41) is 14.2. The van der Waals surface area contributed by atoms with Gasteiger partial charge in [0.05, 0.1) is 17.3 Å². The fraction of sp³-hybridized carbons (Fsp3) is 0.688. The second kappa shape index (κ2) is 5.22. The third kappa shape index (κ3) is 2.82. The van der Waals surface area contributed by atoms with Crippen LogP contribution < -0.4 is 5.32 Å². The maximum absolute atomic E-state index is 10.6. The molecule has 0 aliphatic heterocycles. The standard InChI is InChI=1S/C16H24N2O/c1-12-6-8-16(19,9-7-12)11-18-14-5-4-13-3-2-10-17-15(13)14/h2-3,10,12,14,18-19H,4-9,11H2,1H3. The number of pyridine rings is 1. The molecule has 0 amide bonds. The van der Waals surface area contributed by atoms with E-state index < -0.39 is 5.60 Å². The number of nitrogens with one attached hydrogen (secondary N) is 1. The maximum Gasteiger partial charge on any atom is 0.0772 e. The molecule has 3 nitrogen and oxygen atoms in total. The van der Waals surface area contributed by atoms with Crippen molar-refractivity contribution in [3.05, 3.63) is 29.6 Å². The van der Waals surface area contributed by atoms with Crippen molar-refractivity contribution in [1.29, 1.82) is 0 Å². The summed E-state index contributed by atoms with van der Waals surface area (Å²) in [7, 11) is 0. The summed E-state index contributed by atoms with van der Waals surface area (Å²) >= 11 is 0. The fourth-order valence-electron chi connectivity index (χ4n) is 3.40. The van der Waals surface area contributed by atoms with Crippen molar-refractivity contribution in [3.8, 4) is 0 Å². The highest BCUT2D eigenvalue weighted by Gasteiger charge is 2.33. The van der Waals surface area contributed by atoms with E-state index in [1.807, 2.05) is 12.3 Å². The molecule has 3 rings (SSSR count). The molecule has 1 heterocycles. The summed E-state index contributed by atoms with van der Waals surface area (Å²) < 4.78 is 0. The number of hydrogen-bond acceptors (Lipinski definition) is 3. The highest BCUT2D eigenvalue weighted by Crippen LogP contribution is 2.33. The van der Waals surface area contributed by atoms with Crippen molar-refractivity contribution in [1.82, 2.24) is 10.3 Å². The monoisotopic (exact) mass is 260 g/mol. The minimum Gasteiger partial charge on any atom is -0.389 e. The molecule has 1 fully saturated rings. The third-order valence-corrected chi connectivity index (χ3v) is 4.84. The fourth-order valence-corrected chi connectivity index (χ4v) is 3.40. The van der Waals surface area contributed by atoms with Crippen molar-refractivity contribution in [3.63, 3.8) is 0 Å². The van der Waals surface area contributed by atoms with Crippen molar-refractivity contribution in [2.45, 2.75) is 57.1 Å². The van der Waals surface area contributed by atoms with Crippen molar-refractivity contribution < 1.29 is 5.11 Å². The summed E-state index contributed by atoms with van der Waals surface area (Å²) in [5.41, 5.74) is 2.06. The number of aromatic nitrogens is 1. The van der Waals surface area contributed by atoms with Gasteiger partial charge in [0, 0.05) is 12.7 Å². The molecule has 0 spiro atoms. The Kier molecular flexibility index (Phi) is 3.59.